The number of hydrogen-bond acceptors (Lipinski definition) is 4. The van der Waals surface area contributed by atoms with E-state index in [1.165, 1.54) is 0 Å². The number of hydrogen-bond donors (Lipinski definition) is 1. The van der Waals surface area contributed by atoms with Crippen LogP contribution in [0, 0.1) is 6.92 Å². The van der Waals surface area contributed by atoms with Crippen molar-refractivity contribution in [1.29, 1.82) is 0 Å². The van der Waals surface area contributed by atoms with E-state index in [4.69, 9.17) is 0 Å². The van der Waals surface area contributed by atoms with Crippen molar-refractivity contribution in [2.75, 3.05) is 0 Å². The van der Waals surface area contributed by atoms with Crippen molar-refractivity contribution in [3.63, 3.8) is 0 Å². The number of carbonyl (C=O) groups is 1. The van der Waals surface area contributed by atoms with Crippen LogP contribution in [0.25, 0.3) is 0 Å². The van der Waals surface area contributed by atoms with Gasteiger partial charge < -0.3 is 5.32 Å². The molecular formula is C10H17N5O. The lowest BCUT2D eigenvalue weighted by Gasteiger charge is -2.28. The van der Waals surface area contributed by atoms with Gasteiger partial charge in [-0.3, -0.25) is 4.79 Å². The van der Waals surface area contributed by atoms with Gasteiger partial charge in [0.1, 0.15) is 5.82 Å². The van der Waals surface area contributed by atoms with Crippen molar-refractivity contribution in [2.24, 2.45) is 0 Å². The van der Waals surface area contributed by atoms with Crippen molar-refractivity contribution in [3.8, 4) is 0 Å². The van der Waals surface area contributed by atoms with Crippen molar-refractivity contribution in [3.05, 3.63) is 5.82 Å². The zero-order valence-corrected chi connectivity index (χ0v) is 9.68. The van der Waals surface area contributed by atoms with Gasteiger partial charge in [0.15, 0.2) is 0 Å². The molecule has 88 valence electrons. The monoisotopic (exact) mass is 223 g/mol. The Labute approximate surface area is 94.4 Å². The highest BCUT2D eigenvalue weighted by Crippen LogP contribution is 2.28. The first-order chi connectivity index (χ1) is 7.66. The number of tetrazole rings is 1. The van der Waals surface area contributed by atoms with Gasteiger partial charge in [0.25, 0.3) is 0 Å². The highest BCUT2D eigenvalue weighted by Gasteiger charge is 2.24. The van der Waals surface area contributed by atoms with Crippen molar-refractivity contribution >= 4 is 5.91 Å². The average molecular weight is 223 g/mol. The highest BCUT2D eigenvalue weighted by molar-refractivity contribution is 5.73. The Bertz CT molecular complexity index is 367. The standard InChI is InChI=1S/C10H17N5O/c1-7-12-13-14-15(7)10-5-3-9(4-6-10)11-8(2)16/h9-10H,3-6H2,1-2H3,(H,11,16)/t9-,10-. The van der Waals surface area contributed by atoms with Crippen LogP contribution in [0.2, 0.25) is 0 Å². The lowest BCUT2D eigenvalue weighted by atomic mass is 9.91. The van der Waals surface area contributed by atoms with Gasteiger partial charge in [-0.2, -0.15) is 0 Å². The van der Waals surface area contributed by atoms with Gasteiger partial charge in [0, 0.05) is 13.0 Å². The van der Waals surface area contributed by atoms with Crippen LogP contribution in [0.1, 0.15) is 44.5 Å². The van der Waals surface area contributed by atoms with Gasteiger partial charge in [-0.15, -0.1) is 5.10 Å². The normalized spacial score (nSPS) is 25.4. The molecule has 0 aromatic carbocycles. The number of aromatic nitrogens is 4. The molecule has 1 fully saturated rings. The van der Waals surface area contributed by atoms with Crippen LogP contribution >= 0.6 is 0 Å². The number of nitrogens with one attached hydrogen (secondary N) is 1. The van der Waals surface area contributed by atoms with Crippen LogP contribution in [0.4, 0.5) is 0 Å². The molecular weight excluding hydrogens is 206 g/mol. The molecule has 1 amide bonds. The Balaban J connectivity index is 1.90. The fraction of sp³-hybridized carbons (Fsp3) is 0.800. The quantitative estimate of drug-likeness (QED) is 0.797. The van der Waals surface area contributed by atoms with E-state index in [0.717, 1.165) is 31.5 Å². The summed E-state index contributed by atoms with van der Waals surface area (Å²) in [6.07, 6.45) is 4.06. The second-order valence-corrected chi connectivity index (χ2v) is 4.38. The van der Waals surface area contributed by atoms with E-state index in [9.17, 15) is 4.79 Å². The summed E-state index contributed by atoms with van der Waals surface area (Å²) in [5.74, 6) is 0.921. The molecule has 0 unspecified atom stereocenters. The van der Waals surface area contributed by atoms with Crippen LogP contribution in [-0.4, -0.2) is 32.2 Å². The van der Waals surface area contributed by atoms with E-state index < -0.39 is 0 Å². The summed E-state index contributed by atoms with van der Waals surface area (Å²) in [6, 6.07) is 0.713. The molecule has 0 radical (unpaired) electrons. The summed E-state index contributed by atoms with van der Waals surface area (Å²) in [5, 5.41) is 14.5. The van der Waals surface area contributed by atoms with Gasteiger partial charge in [-0.1, -0.05) is 0 Å². The molecule has 1 N–H and O–H groups in total. The maximum Gasteiger partial charge on any atom is 0.217 e. The Hall–Kier alpha value is -1.46. The van der Waals surface area contributed by atoms with Gasteiger partial charge in [0.05, 0.1) is 6.04 Å². The number of carbonyl (C=O) groups excluding carboxylic acids is 1. The van der Waals surface area contributed by atoms with Crippen molar-refractivity contribution < 1.29 is 4.79 Å². The molecule has 0 bridgehead atoms. The molecule has 6 heteroatoms. The van der Waals surface area contributed by atoms with Crippen LogP contribution in [0.15, 0.2) is 0 Å². The first kappa shape index (κ1) is 11.0. The Morgan fingerprint density at radius 2 is 2.06 bits per heavy atom. The maximum atomic E-state index is 10.9. The second kappa shape index (κ2) is 4.59. The third-order valence-corrected chi connectivity index (χ3v) is 3.11. The predicted octanol–water partition coefficient (Wildman–Crippen LogP) is 0.601. The molecule has 1 aliphatic carbocycles. The van der Waals surface area contributed by atoms with Crippen molar-refractivity contribution in [2.45, 2.75) is 51.6 Å². The number of amides is 1. The summed E-state index contributed by atoms with van der Waals surface area (Å²) in [4.78, 5) is 10.9. The van der Waals surface area contributed by atoms with Crippen LogP contribution in [0.5, 0.6) is 0 Å². The fourth-order valence-corrected chi connectivity index (χ4v) is 2.33. The maximum absolute atomic E-state index is 10.9. The third kappa shape index (κ3) is 2.37. The molecule has 0 aliphatic heterocycles. The zero-order chi connectivity index (χ0) is 11.5. The average Bonchev–Trinajstić information content (AvgIpc) is 2.65. The molecule has 1 aliphatic rings. The second-order valence-electron chi connectivity index (χ2n) is 4.38. The molecule has 2 rings (SSSR count). The molecule has 0 spiro atoms. The lowest BCUT2D eigenvalue weighted by Crippen LogP contribution is -2.36. The summed E-state index contributed by atoms with van der Waals surface area (Å²) >= 11 is 0. The first-order valence-electron chi connectivity index (χ1n) is 5.68. The van der Waals surface area contributed by atoms with E-state index in [2.05, 4.69) is 20.8 Å². The van der Waals surface area contributed by atoms with Crippen LogP contribution < -0.4 is 5.32 Å². The van der Waals surface area contributed by atoms with Crippen LogP contribution in [0.3, 0.4) is 0 Å². The number of rotatable bonds is 2. The molecule has 1 heterocycles. The number of nitrogens with zero attached hydrogens (tertiary/aromatic N) is 4. The van der Waals surface area contributed by atoms with E-state index in [0.29, 0.717) is 12.1 Å². The van der Waals surface area contributed by atoms with E-state index in [1.807, 2.05) is 11.6 Å². The van der Waals surface area contributed by atoms with E-state index in [1.54, 1.807) is 6.92 Å². The molecule has 16 heavy (non-hydrogen) atoms. The number of aryl methyl sites for hydroxylation is 1. The molecule has 1 saturated carbocycles. The summed E-state index contributed by atoms with van der Waals surface area (Å²) in [6.45, 7) is 3.48. The van der Waals surface area contributed by atoms with Gasteiger partial charge >= 0.3 is 0 Å². The Kier molecular flexibility index (Phi) is 3.17. The van der Waals surface area contributed by atoms with Gasteiger partial charge in [-0.25, -0.2) is 4.68 Å². The smallest absolute Gasteiger partial charge is 0.217 e. The van der Waals surface area contributed by atoms with Crippen LogP contribution in [-0.2, 0) is 4.79 Å². The minimum absolute atomic E-state index is 0.0575. The van der Waals surface area contributed by atoms with E-state index >= 15 is 0 Å². The van der Waals surface area contributed by atoms with E-state index in [-0.39, 0.29) is 5.91 Å². The third-order valence-electron chi connectivity index (χ3n) is 3.11. The SMILES string of the molecule is CC(=O)N[C@H]1CC[C@H](n2nnnc2C)CC1. The molecule has 0 atom stereocenters. The highest BCUT2D eigenvalue weighted by atomic mass is 16.1. The first-order valence-corrected chi connectivity index (χ1v) is 5.68. The summed E-state index contributed by atoms with van der Waals surface area (Å²) in [7, 11) is 0. The largest absolute Gasteiger partial charge is 0.354 e. The summed E-state index contributed by atoms with van der Waals surface area (Å²) < 4.78 is 1.89. The Morgan fingerprint density at radius 3 is 2.56 bits per heavy atom. The minimum Gasteiger partial charge on any atom is -0.354 e. The Morgan fingerprint density at radius 1 is 1.38 bits per heavy atom. The van der Waals surface area contributed by atoms with Gasteiger partial charge in [-0.05, 0) is 43.0 Å². The minimum atomic E-state index is 0.0575. The van der Waals surface area contributed by atoms with Crippen molar-refractivity contribution in [1.82, 2.24) is 25.5 Å². The molecule has 0 saturated heterocycles. The topological polar surface area (TPSA) is 72.7 Å². The van der Waals surface area contributed by atoms with Gasteiger partial charge in [0.2, 0.25) is 5.91 Å². The molecule has 6 nitrogen and oxygen atoms in total. The molecule has 1 aromatic heterocycles. The predicted molar refractivity (Wildman–Crippen MR) is 57.7 cm³/mol. The zero-order valence-electron chi connectivity index (χ0n) is 9.68. The lowest BCUT2D eigenvalue weighted by molar-refractivity contribution is -0.119. The summed E-state index contributed by atoms with van der Waals surface area (Å²) in [5.41, 5.74) is 0. The molecule has 1 aromatic rings. The fourth-order valence-electron chi connectivity index (χ4n) is 2.33.